The van der Waals surface area contributed by atoms with Crippen LogP contribution in [0.4, 0.5) is 10.1 Å². The Labute approximate surface area is 106 Å². The first-order valence-corrected chi connectivity index (χ1v) is 7.35. The van der Waals surface area contributed by atoms with E-state index in [0.29, 0.717) is 18.4 Å². The van der Waals surface area contributed by atoms with Crippen LogP contribution >= 0.6 is 0 Å². The normalized spacial score (nSPS) is 23.1. The van der Waals surface area contributed by atoms with E-state index in [1.807, 2.05) is 0 Å². The minimum atomic E-state index is -3.82. The number of rotatable bonds is 4. The maximum Gasteiger partial charge on any atom is 0.243 e. The van der Waals surface area contributed by atoms with Crippen LogP contribution in [-0.2, 0) is 10.0 Å². The summed E-state index contributed by atoms with van der Waals surface area (Å²) in [5, 5.41) is 0. The fraction of sp³-hybridized carbons (Fsp3) is 0.500. The Morgan fingerprint density at radius 1 is 1.50 bits per heavy atom. The van der Waals surface area contributed by atoms with Gasteiger partial charge in [-0.3, -0.25) is 0 Å². The molecule has 0 bridgehead atoms. The predicted molar refractivity (Wildman–Crippen MR) is 68.0 cm³/mol. The number of sulfonamides is 1. The molecule has 1 aromatic rings. The topological polar surface area (TPSA) is 72.2 Å². The zero-order valence-electron chi connectivity index (χ0n) is 10.4. The second kappa shape index (κ2) is 4.51. The molecule has 1 aliphatic rings. The maximum absolute atomic E-state index is 13.8. The first-order valence-electron chi connectivity index (χ1n) is 5.86. The molecule has 2 atom stereocenters. The molecule has 100 valence electrons. The van der Waals surface area contributed by atoms with Gasteiger partial charge in [-0.05, 0) is 42.9 Å². The first-order chi connectivity index (χ1) is 8.31. The average Bonchev–Trinajstić information content (AvgIpc) is 2.97. The fourth-order valence-electron chi connectivity index (χ4n) is 1.94. The Kier molecular flexibility index (Phi) is 3.33. The van der Waals surface area contributed by atoms with E-state index < -0.39 is 15.8 Å². The van der Waals surface area contributed by atoms with Gasteiger partial charge < -0.3 is 5.73 Å². The van der Waals surface area contributed by atoms with E-state index in [2.05, 4.69) is 11.6 Å². The van der Waals surface area contributed by atoms with Crippen molar-refractivity contribution in [2.24, 2.45) is 11.8 Å². The van der Waals surface area contributed by atoms with Gasteiger partial charge in [0.05, 0.1) is 0 Å². The minimum Gasteiger partial charge on any atom is -0.399 e. The van der Waals surface area contributed by atoms with Crippen LogP contribution < -0.4 is 10.5 Å². The number of hydrogen-bond donors (Lipinski definition) is 2. The minimum absolute atomic E-state index is 0.232. The van der Waals surface area contributed by atoms with Crippen molar-refractivity contribution in [3.05, 3.63) is 23.5 Å². The number of nitrogens with one attached hydrogen (secondary N) is 1. The molecule has 3 N–H and O–H groups in total. The second-order valence-corrected chi connectivity index (χ2v) is 6.71. The van der Waals surface area contributed by atoms with E-state index in [1.54, 1.807) is 0 Å². The number of nitrogen functional groups attached to an aromatic ring is 1. The third-order valence-electron chi connectivity index (χ3n) is 3.34. The highest BCUT2D eigenvalue weighted by atomic mass is 32.2. The number of halogens is 1. The van der Waals surface area contributed by atoms with Gasteiger partial charge in [0.25, 0.3) is 0 Å². The van der Waals surface area contributed by atoms with E-state index in [0.717, 1.165) is 12.5 Å². The van der Waals surface area contributed by atoms with Gasteiger partial charge in [0.1, 0.15) is 10.7 Å². The smallest absolute Gasteiger partial charge is 0.243 e. The van der Waals surface area contributed by atoms with Gasteiger partial charge in [-0.15, -0.1) is 0 Å². The van der Waals surface area contributed by atoms with Crippen LogP contribution in [0.2, 0.25) is 0 Å². The second-order valence-electron chi connectivity index (χ2n) is 4.97. The molecule has 0 aliphatic heterocycles. The number of nitrogens with two attached hydrogens (primary N) is 1. The van der Waals surface area contributed by atoms with Crippen LogP contribution in [-0.4, -0.2) is 15.0 Å². The molecule has 4 nitrogen and oxygen atoms in total. The Balaban J connectivity index is 2.23. The van der Waals surface area contributed by atoms with Gasteiger partial charge in [-0.1, -0.05) is 6.92 Å². The summed E-state index contributed by atoms with van der Waals surface area (Å²) in [4.78, 5) is -0.367. The van der Waals surface area contributed by atoms with Crippen LogP contribution in [0.5, 0.6) is 0 Å². The molecule has 1 saturated carbocycles. The summed E-state index contributed by atoms with van der Waals surface area (Å²) < 4.78 is 40.2. The van der Waals surface area contributed by atoms with Crippen LogP contribution in [0.1, 0.15) is 18.9 Å². The molecule has 1 fully saturated rings. The largest absolute Gasteiger partial charge is 0.399 e. The molecule has 0 aromatic heterocycles. The molecule has 0 radical (unpaired) electrons. The molecule has 6 heteroatoms. The zero-order chi connectivity index (χ0) is 13.5. The highest BCUT2D eigenvalue weighted by Crippen LogP contribution is 2.37. The molecule has 0 saturated heterocycles. The molecule has 2 rings (SSSR count). The number of benzene rings is 1. The van der Waals surface area contributed by atoms with Crippen LogP contribution in [0.15, 0.2) is 17.0 Å². The highest BCUT2D eigenvalue weighted by molar-refractivity contribution is 7.89. The van der Waals surface area contributed by atoms with Gasteiger partial charge in [-0.2, -0.15) is 0 Å². The monoisotopic (exact) mass is 272 g/mol. The summed E-state index contributed by atoms with van der Waals surface area (Å²) in [7, 11) is -3.82. The van der Waals surface area contributed by atoms with Crippen LogP contribution in [0.3, 0.4) is 0 Å². The van der Waals surface area contributed by atoms with E-state index in [1.165, 1.54) is 13.0 Å². The zero-order valence-corrected chi connectivity index (χ0v) is 11.2. The lowest BCUT2D eigenvalue weighted by Gasteiger charge is -2.09. The predicted octanol–water partition coefficient (Wildman–Crippen LogP) is 1.65. The van der Waals surface area contributed by atoms with E-state index in [-0.39, 0.29) is 16.1 Å². The van der Waals surface area contributed by atoms with E-state index >= 15 is 0 Å². The van der Waals surface area contributed by atoms with Crippen LogP contribution in [0, 0.1) is 24.6 Å². The standard InChI is InChI=1S/C12H17FN2O2S/c1-7-3-9(7)6-15-18(16,17)11-5-10(14)4-8(2)12(11)13/h4-5,7,9,15H,3,6,14H2,1-2H3. The van der Waals surface area contributed by atoms with Crippen molar-refractivity contribution >= 4 is 15.7 Å². The summed E-state index contributed by atoms with van der Waals surface area (Å²) in [5.74, 6) is 0.172. The SMILES string of the molecule is Cc1cc(N)cc(S(=O)(=O)NCC2CC2C)c1F. The van der Waals surface area contributed by atoms with Crippen LogP contribution in [0.25, 0.3) is 0 Å². The molecular formula is C12H17FN2O2S. The van der Waals surface area contributed by atoms with Gasteiger partial charge in [0.15, 0.2) is 0 Å². The quantitative estimate of drug-likeness (QED) is 0.819. The summed E-state index contributed by atoms with van der Waals surface area (Å²) in [6, 6.07) is 2.57. The third-order valence-corrected chi connectivity index (χ3v) is 4.77. The Bertz CT molecular complexity index is 572. The molecule has 1 aromatic carbocycles. The lowest BCUT2D eigenvalue weighted by molar-refractivity contribution is 0.549. The fourth-order valence-corrected chi connectivity index (χ4v) is 3.21. The molecular weight excluding hydrogens is 255 g/mol. The molecule has 0 spiro atoms. The third kappa shape index (κ3) is 2.64. The van der Waals surface area contributed by atoms with Gasteiger partial charge in [-0.25, -0.2) is 17.5 Å². The lowest BCUT2D eigenvalue weighted by Crippen LogP contribution is -2.27. The van der Waals surface area contributed by atoms with E-state index in [4.69, 9.17) is 5.73 Å². The lowest BCUT2D eigenvalue weighted by atomic mass is 10.2. The number of aryl methyl sites for hydroxylation is 1. The highest BCUT2D eigenvalue weighted by Gasteiger charge is 2.33. The molecule has 0 amide bonds. The molecule has 0 heterocycles. The Hall–Kier alpha value is -1.14. The van der Waals surface area contributed by atoms with Gasteiger partial charge in [0, 0.05) is 12.2 Å². The number of anilines is 1. The van der Waals surface area contributed by atoms with Crippen molar-refractivity contribution < 1.29 is 12.8 Å². The van der Waals surface area contributed by atoms with Crippen molar-refractivity contribution in [2.45, 2.75) is 25.2 Å². The first kappa shape index (κ1) is 13.3. The summed E-state index contributed by atoms with van der Waals surface area (Å²) in [5.41, 5.74) is 6.03. The van der Waals surface area contributed by atoms with Gasteiger partial charge in [0.2, 0.25) is 10.0 Å². The van der Waals surface area contributed by atoms with Crippen molar-refractivity contribution in [3.63, 3.8) is 0 Å². The summed E-state index contributed by atoms with van der Waals surface area (Å²) in [6.45, 7) is 3.91. The summed E-state index contributed by atoms with van der Waals surface area (Å²) >= 11 is 0. The summed E-state index contributed by atoms with van der Waals surface area (Å²) in [6.07, 6.45) is 1.01. The molecule has 1 aliphatic carbocycles. The van der Waals surface area contributed by atoms with Crippen molar-refractivity contribution in [1.82, 2.24) is 4.72 Å². The Morgan fingerprint density at radius 3 is 2.67 bits per heavy atom. The van der Waals surface area contributed by atoms with Gasteiger partial charge >= 0.3 is 0 Å². The van der Waals surface area contributed by atoms with E-state index in [9.17, 15) is 12.8 Å². The Morgan fingerprint density at radius 2 is 2.11 bits per heavy atom. The van der Waals surface area contributed by atoms with Crippen molar-refractivity contribution in [3.8, 4) is 0 Å². The molecule has 18 heavy (non-hydrogen) atoms. The number of hydrogen-bond acceptors (Lipinski definition) is 3. The van der Waals surface area contributed by atoms with Crippen molar-refractivity contribution in [1.29, 1.82) is 0 Å². The average molecular weight is 272 g/mol. The maximum atomic E-state index is 13.8. The van der Waals surface area contributed by atoms with Crippen molar-refractivity contribution in [2.75, 3.05) is 12.3 Å². The molecule has 2 unspecified atom stereocenters.